The normalized spacial score (nSPS) is 13.2. The molecule has 3 rings (SSSR count). The lowest BCUT2D eigenvalue weighted by Crippen LogP contribution is -2.37. The number of hydrogen-bond donors (Lipinski definition) is 0. The van der Waals surface area contributed by atoms with Gasteiger partial charge in [0.2, 0.25) is 6.79 Å². The highest BCUT2D eigenvalue weighted by molar-refractivity contribution is 5.92. The number of benzene rings is 2. The molecule has 0 spiro atoms. The number of hydrogen-bond acceptors (Lipinski definition) is 5. The number of carbonyl (C=O) groups is 2. The number of rotatable bonds is 5. The topological polar surface area (TPSA) is 65.1 Å². The third kappa shape index (κ3) is 3.93. The van der Waals surface area contributed by atoms with Crippen molar-refractivity contribution in [1.29, 1.82) is 0 Å². The first-order valence-electron chi connectivity index (χ1n) is 8.04. The number of carbonyl (C=O) groups excluding carboxylic acids is 2. The molecule has 1 atom stereocenters. The molecule has 2 aromatic carbocycles. The molecule has 1 heterocycles. The second-order valence-electron chi connectivity index (χ2n) is 5.94. The fourth-order valence-electron chi connectivity index (χ4n) is 2.60. The van der Waals surface area contributed by atoms with Gasteiger partial charge in [-0.2, -0.15) is 0 Å². The van der Waals surface area contributed by atoms with Crippen LogP contribution in [-0.4, -0.2) is 36.7 Å². The summed E-state index contributed by atoms with van der Waals surface area (Å²) in [5.74, 6) is -0.376. The third-order valence-electron chi connectivity index (χ3n) is 3.92. The Morgan fingerprint density at radius 1 is 1.19 bits per heavy atom. The van der Waals surface area contributed by atoms with E-state index in [0.717, 1.165) is 0 Å². The van der Waals surface area contributed by atoms with Crippen LogP contribution in [0, 0.1) is 5.82 Å². The molecular weight excluding hydrogens is 341 g/mol. The Morgan fingerprint density at radius 3 is 2.73 bits per heavy atom. The van der Waals surface area contributed by atoms with Gasteiger partial charge in [0, 0.05) is 13.6 Å². The maximum Gasteiger partial charge on any atom is 0.339 e. The van der Waals surface area contributed by atoms with Gasteiger partial charge in [0.05, 0.1) is 5.56 Å². The van der Waals surface area contributed by atoms with E-state index < -0.39 is 12.1 Å². The molecular formula is C19H18FNO5. The number of nitrogens with zero attached hydrogens (tertiary/aromatic N) is 1. The fourth-order valence-corrected chi connectivity index (χ4v) is 2.60. The van der Waals surface area contributed by atoms with Crippen molar-refractivity contribution in [2.24, 2.45) is 0 Å². The van der Waals surface area contributed by atoms with Gasteiger partial charge in [-0.15, -0.1) is 0 Å². The van der Waals surface area contributed by atoms with Crippen molar-refractivity contribution >= 4 is 11.9 Å². The molecule has 0 saturated carbocycles. The zero-order valence-corrected chi connectivity index (χ0v) is 14.4. The molecule has 0 radical (unpaired) electrons. The van der Waals surface area contributed by atoms with Gasteiger partial charge in [0.25, 0.3) is 5.91 Å². The summed E-state index contributed by atoms with van der Waals surface area (Å²) < 4.78 is 28.9. The maximum absolute atomic E-state index is 13.2. The lowest BCUT2D eigenvalue weighted by Gasteiger charge is -2.21. The maximum atomic E-state index is 13.2. The van der Waals surface area contributed by atoms with E-state index in [4.69, 9.17) is 14.2 Å². The standard InChI is InChI=1S/C19H18FNO5/c1-12(18(22)21(2)10-13-4-3-5-15(20)8-13)26-19(23)14-6-7-16-17(9-14)25-11-24-16/h3-9,12H,10-11H2,1-2H3. The molecule has 0 aliphatic carbocycles. The number of amides is 1. The van der Waals surface area contributed by atoms with E-state index in [0.29, 0.717) is 17.1 Å². The summed E-state index contributed by atoms with van der Waals surface area (Å²) in [6.45, 7) is 1.81. The molecule has 1 unspecified atom stereocenters. The van der Waals surface area contributed by atoms with E-state index in [1.54, 1.807) is 31.3 Å². The SMILES string of the molecule is CC(OC(=O)c1ccc2c(c1)OCO2)C(=O)N(C)Cc1cccc(F)c1. The van der Waals surface area contributed by atoms with Gasteiger partial charge >= 0.3 is 5.97 Å². The van der Waals surface area contributed by atoms with Crippen molar-refractivity contribution in [3.8, 4) is 11.5 Å². The van der Waals surface area contributed by atoms with E-state index >= 15 is 0 Å². The zero-order chi connectivity index (χ0) is 18.7. The summed E-state index contributed by atoms with van der Waals surface area (Å²) in [6, 6.07) is 10.7. The van der Waals surface area contributed by atoms with Crippen molar-refractivity contribution in [3.05, 3.63) is 59.4 Å². The van der Waals surface area contributed by atoms with E-state index in [9.17, 15) is 14.0 Å². The average Bonchev–Trinajstić information content (AvgIpc) is 3.08. The van der Waals surface area contributed by atoms with Crippen molar-refractivity contribution in [2.45, 2.75) is 19.6 Å². The molecule has 136 valence electrons. The summed E-state index contributed by atoms with van der Waals surface area (Å²) in [6.07, 6.45) is -0.980. The van der Waals surface area contributed by atoms with Crippen LogP contribution < -0.4 is 9.47 Å². The molecule has 1 amide bonds. The van der Waals surface area contributed by atoms with Crippen LogP contribution in [0.4, 0.5) is 4.39 Å². The highest BCUT2D eigenvalue weighted by atomic mass is 19.1. The van der Waals surface area contributed by atoms with Gasteiger partial charge in [0.1, 0.15) is 5.82 Å². The number of halogens is 1. The van der Waals surface area contributed by atoms with Crippen molar-refractivity contribution in [3.63, 3.8) is 0 Å². The third-order valence-corrected chi connectivity index (χ3v) is 3.92. The first-order valence-corrected chi connectivity index (χ1v) is 8.04. The van der Waals surface area contributed by atoms with Crippen molar-refractivity contribution in [1.82, 2.24) is 4.90 Å². The second kappa shape index (κ2) is 7.43. The van der Waals surface area contributed by atoms with Crippen LogP contribution in [0.3, 0.4) is 0 Å². The van der Waals surface area contributed by atoms with Gasteiger partial charge in [-0.05, 0) is 42.8 Å². The highest BCUT2D eigenvalue weighted by Crippen LogP contribution is 2.32. The number of fused-ring (bicyclic) bond motifs is 1. The molecule has 0 bridgehead atoms. The van der Waals surface area contributed by atoms with Gasteiger partial charge in [-0.1, -0.05) is 12.1 Å². The monoisotopic (exact) mass is 359 g/mol. The Morgan fingerprint density at radius 2 is 1.96 bits per heavy atom. The predicted molar refractivity (Wildman–Crippen MR) is 90.3 cm³/mol. The van der Waals surface area contributed by atoms with Crippen LogP contribution in [0.25, 0.3) is 0 Å². The van der Waals surface area contributed by atoms with Crippen LogP contribution in [0.5, 0.6) is 11.5 Å². The van der Waals surface area contributed by atoms with E-state index in [1.165, 1.54) is 30.0 Å². The minimum atomic E-state index is -0.980. The van der Waals surface area contributed by atoms with Gasteiger partial charge in [0.15, 0.2) is 17.6 Å². The summed E-state index contributed by atoms with van der Waals surface area (Å²) in [7, 11) is 1.57. The van der Waals surface area contributed by atoms with Gasteiger partial charge < -0.3 is 19.1 Å². The first-order chi connectivity index (χ1) is 12.4. The van der Waals surface area contributed by atoms with E-state index in [2.05, 4.69) is 0 Å². The minimum absolute atomic E-state index is 0.105. The Hall–Kier alpha value is -3.09. The number of likely N-dealkylation sites (N-methyl/N-ethyl adjacent to an activating group) is 1. The molecule has 0 aromatic heterocycles. The number of ether oxygens (including phenoxy) is 3. The molecule has 6 nitrogen and oxygen atoms in total. The molecule has 2 aromatic rings. The minimum Gasteiger partial charge on any atom is -0.454 e. The van der Waals surface area contributed by atoms with Gasteiger partial charge in [-0.3, -0.25) is 4.79 Å². The van der Waals surface area contributed by atoms with Crippen LogP contribution in [0.15, 0.2) is 42.5 Å². The van der Waals surface area contributed by atoms with Crippen molar-refractivity contribution in [2.75, 3.05) is 13.8 Å². The summed E-state index contributed by atoms with van der Waals surface area (Å²) in [5.41, 5.74) is 0.914. The molecule has 1 aliphatic rings. The van der Waals surface area contributed by atoms with Crippen molar-refractivity contribution < 1.29 is 28.2 Å². The molecule has 0 saturated heterocycles. The summed E-state index contributed by atoms with van der Waals surface area (Å²) in [4.78, 5) is 26.0. The molecule has 0 N–H and O–H groups in total. The van der Waals surface area contributed by atoms with Crippen LogP contribution >= 0.6 is 0 Å². The quantitative estimate of drug-likeness (QED) is 0.768. The molecule has 1 aliphatic heterocycles. The first kappa shape index (κ1) is 17.7. The Labute approximate surface area is 150 Å². The predicted octanol–water partition coefficient (Wildman–Crippen LogP) is 2.76. The largest absolute Gasteiger partial charge is 0.454 e. The lowest BCUT2D eigenvalue weighted by atomic mass is 10.2. The fraction of sp³-hybridized carbons (Fsp3) is 0.263. The zero-order valence-electron chi connectivity index (χ0n) is 14.4. The van der Waals surface area contributed by atoms with Gasteiger partial charge in [-0.25, -0.2) is 9.18 Å². The second-order valence-corrected chi connectivity index (χ2v) is 5.94. The molecule has 7 heteroatoms. The summed E-state index contributed by atoms with van der Waals surface area (Å²) >= 11 is 0. The van der Waals surface area contributed by atoms with Crippen LogP contribution in [-0.2, 0) is 16.1 Å². The lowest BCUT2D eigenvalue weighted by molar-refractivity contribution is -0.139. The molecule has 0 fully saturated rings. The Bertz CT molecular complexity index is 838. The Balaban J connectivity index is 1.60. The van der Waals surface area contributed by atoms with E-state index in [-0.39, 0.29) is 30.6 Å². The average molecular weight is 359 g/mol. The highest BCUT2D eigenvalue weighted by Gasteiger charge is 2.24. The molecule has 26 heavy (non-hydrogen) atoms. The van der Waals surface area contributed by atoms with Crippen LogP contribution in [0.2, 0.25) is 0 Å². The number of esters is 1. The van der Waals surface area contributed by atoms with E-state index in [1.807, 2.05) is 0 Å². The smallest absolute Gasteiger partial charge is 0.339 e. The summed E-state index contributed by atoms with van der Waals surface area (Å²) in [5, 5.41) is 0. The Kier molecular flexibility index (Phi) is 5.06. The van der Waals surface area contributed by atoms with Crippen LogP contribution in [0.1, 0.15) is 22.8 Å².